The van der Waals surface area contributed by atoms with E-state index in [1.165, 1.54) is 6.07 Å². The highest BCUT2D eigenvalue weighted by Crippen LogP contribution is 2.28. The van der Waals surface area contributed by atoms with Crippen molar-refractivity contribution in [1.29, 1.82) is 0 Å². The number of nitrogens with one attached hydrogen (secondary N) is 1. The fourth-order valence-electron chi connectivity index (χ4n) is 1.50. The van der Waals surface area contributed by atoms with Gasteiger partial charge in [0.1, 0.15) is 6.61 Å². The third kappa shape index (κ3) is 5.56. The Kier molecular flexibility index (Phi) is 6.44. The van der Waals surface area contributed by atoms with Gasteiger partial charge in [-0.25, -0.2) is 13.2 Å². The van der Waals surface area contributed by atoms with E-state index < -0.39 is 18.8 Å². The zero-order valence-electron chi connectivity index (χ0n) is 11.5. The summed E-state index contributed by atoms with van der Waals surface area (Å²) in [7, 11) is 0. The molecule has 0 amide bonds. The van der Waals surface area contributed by atoms with Crippen molar-refractivity contribution in [2.45, 2.75) is 26.4 Å². The second kappa shape index (κ2) is 7.84. The minimum Gasteiger partial charge on any atom is -0.488 e. The van der Waals surface area contributed by atoms with E-state index >= 15 is 0 Å². The Hall–Kier alpha value is -1.63. The van der Waals surface area contributed by atoms with Gasteiger partial charge < -0.3 is 20.5 Å². The van der Waals surface area contributed by atoms with Gasteiger partial charge >= 0.3 is 0 Å². The summed E-state index contributed by atoms with van der Waals surface area (Å²) < 4.78 is 47.3. The Morgan fingerprint density at radius 1 is 1.30 bits per heavy atom. The number of rotatable bonds is 8. The molecule has 114 valence electrons. The topological polar surface area (TPSA) is 56.5 Å². The monoisotopic (exact) mass is 292 g/mol. The Morgan fingerprint density at radius 2 is 2.00 bits per heavy atom. The van der Waals surface area contributed by atoms with Crippen molar-refractivity contribution in [3.63, 3.8) is 0 Å². The minimum absolute atomic E-state index is 0.0881. The van der Waals surface area contributed by atoms with Crippen molar-refractivity contribution in [2.75, 3.05) is 30.8 Å². The maximum absolute atomic E-state index is 13.6. The predicted octanol–water partition coefficient (Wildman–Crippen LogP) is 2.89. The molecule has 0 aromatic heterocycles. The van der Waals surface area contributed by atoms with Gasteiger partial charge in [0, 0.05) is 18.7 Å². The lowest BCUT2D eigenvalue weighted by molar-refractivity contribution is 0.0215. The standard InChI is InChI=1S/C13H19F3N2O2/c1-8(2)20-12-6-11(10(17)5-9(12)14)18-3-4-19-7-13(15)16/h5-6,8,13,18H,3-4,7,17H2,1-2H3. The molecule has 0 aliphatic carbocycles. The third-order valence-corrected chi connectivity index (χ3v) is 2.27. The van der Waals surface area contributed by atoms with Gasteiger partial charge in [0.05, 0.1) is 24.1 Å². The first-order valence-electron chi connectivity index (χ1n) is 6.25. The SMILES string of the molecule is CC(C)Oc1cc(NCCOCC(F)F)c(N)cc1F. The summed E-state index contributed by atoms with van der Waals surface area (Å²) in [5, 5.41) is 2.89. The number of hydrogen-bond donors (Lipinski definition) is 2. The van der Waals surface area contributed by atoms with Crippen molar-refractivity contribution in [1.82, 2.24) is 0 Å². The zero-order chi connectivity index (χ0) is 15.1. The molecule has 0 fully saturated rings. The number of benzene rings is 1. The molecule has 1 rings (SSSR count). The first-order chi connectivity index (χ1) is 9.40. The highest BCUT2D eigenvalue weighted by Gasteiger charge is 2.10. The quantitative estimate of drug-likeness (QED) is 0.571. The normalized spacial score (nSPS) is 11.2. The summed E-state index contributed by atoms with van der Waals surface area (Å²) in [6, 6.07) is 2.60. The molecule has 7 heteroatoms. The third-order valence-electron chi connectivity index (χ3n) is 2.27. The van der Waals surface area contributed by atoms with Crippen molar-refractivity contribution in [3.8, 4) is 5.75 Å². The molecule has 1 aromatic carbocycles. The summed E-state index contributed by atoms with van der Waals surface area (Å²) in [4.78, 5) is 0. The number of alkyl halides is 2. The van der Waals surface area contributed by atoms with Crippen LogP contribution in [0.4, 0.5) is 24.5 Å². The number of halogens is 3. The molecule has 0 aliphatic rings. The van der Waals surface area contributed by atoms with Crippen LogP contribution in [-0.2, 0) is 4.74 Å². The maximum atomic E-state index is 13.6. The Bertz CT molecular complexity index is 428. The molecule has 0 aliphatic heterocycles. The molecule has 0 heterocycles. The molecule has 3 N–H and O–H groups in total. The van der Waals surface area contributed by atoms with Crippen molar-refractivity contribution < 1.29 is 22.6 Å². The molecule has 4 nitrogen and oxygen atoms in total. The minimum atomic E-state index is -2.49. The van der Waals surface area contributed by atoms with Crippen molar-refractivity contribution in [3.05, 3.63) is 17.9 Å². The van der Waals surface area contributed by atoms with Crippen LogP contribution in [0.25, 0.3) is 0 Å². The van der Waals surface area contributed by atoms with Gasteiger partial charge in [0.2, 0.25) is 0 Å². The highest BCUT2D eigenvalue weighted by molar-refractivity contribution is 5.68. The summed E-state index contributed by atoms with van der Waals surface area (Å²) in [5.41, 5.74) is 6.36. The number of nitrogens with two attached hydrogens (primary N) is 1. The van der Waals surface area contributed by atoms with Crippen LogP contribution in [0.15, 0.2) is 12.1 Å². The number of nitrogen functional groups attached to an aromatic ring is 1. The second-order valence-corrected chi connectivity index (χ2v) is 4.43. The molecule has 0 radical (unpaired) electrons. The molecular weight excluding hydrogens is 273 g/mol. The summed E-state index contributed by atoms with van der Waals surface area (Å²) in [6.07, 6.45) is -2.66. The Balaban J connectivity index is 2.56. The van der Waals surface area contributed by atoms with Crippen molar-refractivity contribution in [2.24, 2.45) is 0 Å². The lowest BCUT2D eigenvalue weighted by Crippen LogP contribution is -2.14. The average molecular weight is 292 g/mol. The molecule has 0 spiro atoms. The number of hydrogen-bond acceptors (Lipinski definition) is 4. The Labute approximate surface area is 116 Å². The lowest BCUT2D eigenvalue weighted by Gasteiger charge is -2.15. The first-order valence-corrected chi connectivity index (χ1v) is 6.25. The van der Waals surface area contributed by atoms with E-state index in [0.29, 0.717) is 5.69 Å². The fourth-order valence-corrected chi connectivity index (χ4v) is 1.50. The van der Waals surface area contributed by atoms with Gasteiger partial charge in [-0.05, 0) is 13.8 Å². The number of ether oxygens (including phenoxy) is 2. The molecular formula is C13H19F3N2O2. The first kappa shape index (κ1) is 16.4. The zero-order valence-corrected chi connectivity index (χ0v) is 11.5. The van der Waals surface area contributed by atoms with Gasteiger partial charge in [-0.2, -0.15) is 0 Å². The van der Waals surface area contributed by atoms with E-state index in [4.69, 9.17) is 15.2 Å². The van der Waals surface area contributed by atoms with E-state index in [1.54, 1.807) is 13.8 Å². The van der Waals surface area contributed by atoms with Gasteiger partial charge in [0.25, 0.3) is 6.43 Å². The van der Waals surface area contributed by atoms with Gasteiger partial charge in [-0.15, -0.1) is 0 Å². The smallest absolute Gasteiger partial charge is 0.261 e. The number of anilines is 2. The predicted molar refractivity (Wildman–Crippen MR) is 71.9 cm³/mol. The van der Waals surface area contributed by atoms with E-state index in [1.807, 2.05) is 0 Å². The fraction of sp³-hybridized carbons (Fsp3) is 0.538. The Morgan fingerprint density at radius 3 is 2.60 bits per heavy atom. The maximum Gasteiger partial charge on any atom is 0.261 e. The van der Waals surface area contributed by atoms with Crippen LogP contribution in [0.5, 0.6) is 5.75 Å². The van der Waals surface area contributed by atoms with Crippen LogP contribution in [0, 0.1) is 5.82 Å². The molecule has 0 saturated heterocycles. The average Bonchev–Trinajstić information content (AvgIpc) is 2.33. The molecule has 1 aromatic rings. The van der Waals surface area contributed by atoms with E-state index in [0.717, 1.165) is 6.07 Å². The van der Waals surface area contributed by atoms with Crippen LogP contribution in [-0.4, -0.2) is 32.3 Å². The largest absolute Gasteiger partial charge is 0.488 e. The molecule has 0 bridgehead atoms. The van der Waals surface area contributed by atoms with Crippen LogP contribution < -0.4 is 15.8 Å². The van der Waals surface area contributed by atoms with E-state index in [-0.39, 0.29) is 30.7 Å². The summed E-state index contributed by atoms with van der Waals surface area (Å²) >= 11 is 0. The summed E-state index contributed by atoms with van der Waals surface area (Å²) in [6.45, 7) is 3.33. The van der Waals surface area contributed by atoms with E-state index in [2.05, 4.69) is 5.32 Å². The molecule has 0 saturated carbocycles. The summed E-state index contributed by atoms with van der Waals surface area (Å²) in [5.74, 6) is -0.458. The van der Waals surface area contributed by atoms with Crippen LogP contribution >= 0.6 is 0 Å². The van der Waals surface area contributed by atoms with Crippen LogP contribution in [0.3, 0.4) is 0 Å². The van der Waals surface area contributed by atoms with Gasteiger partial charge in [-0.3, -0.25) is 0 Å². The van der Waals surface area contributed by atoms with Gasteiger partial charge in [0.15, 0.2) is 11.6 Å². The van der Waals surface area contributed by atoms with E-state index in [9.17, 15) is 13.2 Å². The molecule has 0 atom stereocenters. The van der Waals surface area contributed by atoms with Crippen LogP contribution in [0.2, 0.25) is 0 Å². The lowest BCUT2D eigenvalue weighted by atomic mass is 10.2. The molecule has 0 unspecified atom stereocenters. The van der Waals surface area contributed by atoms with Gasteiger partial charge in [-0.1, -0.05) is 0 Å². The molecule has 20 heavy (non-hydrogen) atoms. The highest BCUT2D eigenvalue weighted by atomic mass is 19.3. The van der Waals surface area contributed by atoms with Crippen LogP contribution in [0.1, 0.15) is 13.8 Å². The van der Waals surface area contributed by atoms with Crippen molar-refractivity contribution >= 4 is 11.4 Å². The second-order valence-electron chi connectivity index (χ2n) is 4.43.